The molecule has 2 nitrogen and oxygen atoms in total. The summed E-state index contributed by atoms with van der Waals surface area (Å²) in [6.07, 6.45) is 0.937. The number of benzene rings is 1. The zero-order chi connectivity index (χ0) is 10.8. The van der Waals surface area contributed by atoms with Gasteiger partial charge in [0.05, 0.1) is 5.69 Å². The van der Waals surface area contributed by atoms with Crippen molar-refractivity contribution in [2.45, 2.75) is 19.4 Å². The van der Waals surface area contributed by atoms with Crippen LogP contribution in [0.2, 0.25) is 0 Å². The van der Waals surface area contributed by atoms with Gasteiger partial charge in [-0.1, -0.05) is 12.1 Å². The highest BCUT2D eigenvalue weighted by Crippen LogP contribution is 2.30. The van der Waals surface area contributed by atoms with Crippen LogP contribution in [0.15, 0.2) is 24.3 Å². The largest absolute Gasteiger partial charge is 0.396 e. The van der Waals surface area contributed by atoms with Crippen molar-refractivity contribution in [1.29, 1.82) is 0 Å². The smallest absolute Gasteiger partial charge is 0.146 e. The lowest BCUT2D eigenvalue weighted by Crippen LogP contribution is -2.31. The minimum atomic E-state index is -0.178. The molecule has 1 aliphatic rings. The third kappa shape index (κ3) is 1.84. The molecule has 82 valence electrons. The number of aliphatic hydroxyl groups excluding tert-OH is 1. The van der Waals surface area contributed by atoms with E-state index >= 15 is 0 Å². The van der Waals surface area contributed by atoms with Gasteiger partial charge in [0.2, 0.25) is 0 Å². The maximum atomic E-state index is 13.5. The summed E-state index contributed by atoms with van der Waals surface area (Å²) in [4.78, 5) is 2.04. The molecule has 0 amide bonds. The minimum absolute atomic E-state index is 0.178. The van der Waals surface area contributed by atoms with E-state index in [1.807, 2.05) is 17.9 Å². The van der Waals surface area contributed by atoms with E-state index in [1.54, 1.807) is 12.1 Å². The van der Waals surface area contributed by atoms with Gasteiger partial charge in [-0.3, -0.25) is 0 Å². The second-order valence-electron chi connectivity index (χ2n) is 4.12. The molecule has 0 spiro atoms. The number of aliphatic hydroxyl groups is 1. The van der Waals surface area contributed by atoms with Crippen LogP contribution in [0.4, 0.5) is 10.1 Å². The molecule has 1 fully saturated rings. The monoisotopic (exact) mass is 209 g/mol. The summed E-state index contributed by atoms with van der Waals surface area (Å²) >= 11 is 0. The fourth-order valence-corrected chi connectivity index (χ4v) is 2.27. The van der Waals surface area contributed by atoms with Gasteiger partial charge in [-0.25, -0.2) is 4.39 Å². The van der Waals surface area contributed by atoms with Gasteiger partial charge in [0.15, 0.2) is 0 Å². The van der Waals surface area contributed by atoms with Crippen molar-refractivity contribution in [2.75, 3.05) is 18.1 Å². The number of para-hydroxylation sites is 1. The Kier molecular flexibility index (Phi) is 2.91. The lowest BCUT2D eigenvalue weighted by molar-refractivity contribution is 0.221. The molecule has 1 saturated heterocycles. The highest BCUT2D eigenvalue weighted by molar-refractivity contribution is 5.49. The molecule has 3 heteroatoms. The van der Waals surface area contributed by atoms with Crippen molar-refractivity contribution >= 4 is 5.69 Å². The van der Waals surface area contributed by atoms with E-state index in [4.69, 9.17) is 5.11 Å². The fraction of sp³-hybridized carbons (Fsp3) is 0.500. The summed E-state index contributed by atoms with van der Waals surface area (Å²) in [7, 11) is 0. The van der Waals surface area contributed by atoms with E-state index in [-0.39, 0.29) is 24.4 Å². The van der Waals surface area contributed by atoms with Crippen LogP contribution in [-0.2, 0) is 0 Å². The van der Waals surface area contributed by atoms with E-state index in [1.165, 1.54) is 6.07 Å². The Morgan fingerprint density at radius 1 is 1.47 bits per heavy atom. The first-order chi connectivity index (χ1) is 7.24. The molecule has 0 saturated carbocycles. The van der Waals surface area contributed by atoms with Gasteiger partial charge >= 0.3 is 0 Å². The van der Waals surface area contributed by atoms with Crippen molar-refractivity contribution in [3.63, 3.8) is 0 Å². The fourth-order valence-electron chi connectivity index (χ4n) is 2.27. The van der Waals surface area contributed by atoms with Gasteiger partial charge in [0.1, 0.15) is 5.82 Å². The summed E-state index contributed by atoms with van der Waals surface area (Å²) in [5.41, 5.74) is 0.654. The van der Waals surface area contributed by atoms with E-state index in [0.717, 1.165) is 13.0 Å². The van der Waals surface area contributed by atoms with Gasteiger partial charge in [-0.15, -0.1) is 0 Å². The summed E-state index contributed by atoms with van der Waals surface area (Å²) in [5, 5.41) is 9.15. The van der Waals surface area contributed by atoms with Gasteiger partial charge in [-0.05, 0) is 25.5 Å². The zero-order valence-corrected chi connectivity index (χ0v) is 8.86. The third-order valence-corrected chi connectivity index (χ3v) is 3.31. The van der Waals surface area contributed by atoms with Gasteiger partial charge in [0.25, 0.3) is 0 Å². The molecule has 2 atom stereocenters. The number of hydrogen-bond acceptors (Lipinski definition) is 2. The quantitative estimate of drug-likeness (QED) is 0.805. The Morgan fingerprint density at radius 2 is 2.20 bits per heavy atom. The van der Waals surface area contributed by atoms with Crippen LogP contribution < -0.4 is 4.90 Å². The Balaban J connectivity index is 2.22. The van der Waals surface area contributed by atoms with Crippen molar-refractivity contribution in [1.82, 2.24) is 0 Å². The average molecular weight is 209 g/mol. The molecule has 1 N–H and O–H groups in total. The number of nitrogens with zero attached hydrogens (tertiary/aromatic N) is 1. The standard InChI is InChI=1S/C12H16FNO/c1-9-10(8-15)6-7-14(9)12-5-3-2-4-11(12)13/h2-5,9-10,15H,6-8H2,1H3. The van der Waals surface area contributed by atoms with Crippen molar-refractivity contribution < 1.29 is 9.50 Å². The van der Waals surface area contributed by atoms with Gasteiger partial charge in [-0.2, -0.15) is 0 Å². The molecule has 1 aliphatic heterocycles. The number of rotatable bonds is 2. The van der Waals surface area contributed by atoms with Crippen LogP contribution in [0.3, 0.4) is 0 Å². The van der Waals surface area contributed by atoms with Crippen molar-refractivity contribution in [2.24, 2.45) is 5.92 Å². The van der Waals surface area contributed by atoms with Crippen LogP contribution in [0, 0.1) is 11.7 Å². The zero-order valence-electron chi connectivity index (χ0n) is 8.86. The predicted octanol–water partition coefficient (Wildman–Crippen LogP) is 2.03. The predicted molar refractivity (Wildman–Crippen MR) is 58.4 cm³/mol. The summed E-state index contributed by atoms with van der Waals surface area (Å²) < 4.78 is 13.5. The second kappa shape index (κ2) is 4.19. The van der Waals surface area contributed by atoms with Crippen molar-refractivity contribution in [3.8, 4) is 0 Å². The molecule has 1 aromatic carbocycles. The molecule has 2 rings (SSSR count). The molecule has 0 bridgehead atoms. The third-order valence-electron chi connectivity index (χ3n) is 3.31. The minimum Gasteiger partial charge on any atom is -0.396 e. The topological polar surface area (TPSA) is 23.5 Å². The lowest BCUT2D eigenvalue weighted by Gasteiger charge is -2.26. The van der Waals surface area contributed by atoms with Crippen LogP contribution in [0.1, 0.15) is 13.3 Å². The number of anilines is 1. The van der Waals surface area contributed by atoms with Crippen LogP contribution in [0.5, 0.6) is 0 Å². The first-order valence-corrected chi connectivity index (χ1v) is 5.36. The molecule has 1 heterocycles. The number of halogens is 1. The Hall–Kier alpha value is -1.09. The first-order valence-electron chi connectivity index (χ1n) is 5.36. The van der Waals surface area contributed by atoms with Gasteiger partial charge in [0, 0.05) is 25.1 Å². The van der Waals surface area contributed by atoms with Crippen LogP contribution in [-0.4, -0.2) is 24.3 Å². The van der Waals surface area contributed by atoms with Crippen LogP contribution in [0.25, 0.3) is 0 Å². The Labute approximate surface area is 89.3 Å². The highest BCUT2D eigenvalue weighted by Gasteiger charge is 2.31. The van der Waals surface area contributed by atoms with E-state index in [0.29, 0.717) is 5.69 Å². The molecule has 15 heavy (non-hydrogen) atoms. The maximum Gasteiger partial charge on any atom is 0.146 e. The summed E-state index contributed by atoms with van der Waals surface area (Å²) in [5.74, 6) is 0.0903. The van der Waals surface area contributed by atoms with E-state index in [2.05, 4.69) is 0 Å². The van der Waals surface area contributed by atoms with Crippen LogP contribution >= 0.6 is 0 Å². The molecular formula is C12H16FNO. The second-order valence-corrected chi connectivity index (χ2v) is 4.12. The maximum absolute atomic E-state index is 13.5. The molecule has 0 aliphatic carbocycles. The molecule has 1 aromatic rings. The lowest BCUT2D eigenvalue weighted by atomic mass is 10.0. The van der Waals surface area contributed by atoms with E-state index in [9.17, 15) is 4.39 Å². The summed E-state index contributed by atoms with van der Waals surface area (Å²) in [6, 6.07) is 7.03. The summed E-state index contributed by atoms with van der Waals surface area (Å²) in [6.45, 7) is 3.06. The molecule has 0 aromatic heterocycles. The van der Waals surface area contributed by atoms with Gasteiger partial charge < -0.3 is 10.0 Å². The molecule has 2 unspecified atom stereocenters. The Morgan fingerprint density at radius 3 is 2.80 bits per heavy atom. The highest BCUT2D eigenvalue weighted by atomic mass is 19.1. The van der Waals surface area contributed by atoms with Crippen molar-refractivity contribution in [3.05, 3.63) is 30.1 Å². The number of hydrogen-bond donors (Lipinski definition) is 1. The SMILES string of the molecule is CC1C(CO)CCN1c1ccccc1F. The Bertz CT molecular complexity index is 342. The average Bonchev–Trinajstić information content (AvgIpc) is 2.60. The normalized spacial score (nSPS) is 25.9. The van der Waals surface area contributed by atoms with E-state index < -0.39 is 0 Å². The molecule has 0 radical (unpaired) electrons. The molecular weight excluding hydrogens is 193 g/mol. The first kappa shape index (κ1) is 10.4.